The molecule has 7 nitrogen and oxygen atoms in total. The van der Waals surface area contributed by atoms with Crippen LogP contribution in [0.2, 0.25) is 5.02 Å². The van der Waals surface area contributed by atoms with Crippen molar-refractivity contribution in [2.75, 3.05) is 44.6 Å². The summed E-state index contributed by atoms with van der Waals surface area (Å²) in [6.07, 6.45) is 2.66. The summed E-state index contributed by atoms with van der Waals surface area (Å²) in [5.41, 5.74) is 1.69. The van der Waals surface area contributed by atoms with Gasteiger partial charge in [0.1, 0.15) is 0 Å². The number of hydrogen-bond donors (Lipinski definition) is 2. The van der Waals surface area contributed by atoms with E-state index in [4.69, 9.17) is 11.6 Å². The Morgan fingerprint density at radius 2 is 1.77 bits per heavy atom. The molecule has 0 spiro atoms. The number of carbonyl (C=O) groups excluding carboxylic acids is 1. The number of rotatable bonds is 9. The molecule has 1 aromatic heterocycles. The van der Waals surface area contributed by atoms with Gasteiger partial charge in [0.05, 0.1) is 5.92 Å². The molecule has 1 atom stereocenters. The van der Waals surface area contributed by atoms with Gasteiger partial charge in [-0.3, -0.25) is 19.5 Å². The molecule has 3 rings (SSSR count). The lowest BCUT2D eigenvalue weighted by molar-refractivity contribution is -0.144. The Bertz CT molecular complexity index is 824. The number of piperazine rings is 1. The number of carbonyl (C=O) groups is 2. The molecule has 0 radical (unpaired) electrons. The molecule has 2 heterocycles. The largest absolute Gasteiger partial charge is 0.481 e. The maximum Gasteiger partial charge on any atom is 0.308 e. The highest BCUT2D eigenvalue weighted by Crippen LogP contribution is 2.16. The average Bonchev–Trinajstić information content (AvgIpc) is 2.75. The summed E-state index contributed by atoms with van der Waals surface area (Å²) < 4.78 is 0. The lowest BCUT2D eigenvalue weighted by atomic mass is 10.0. The minimum atomic E-state index is -0.946. The third-order valence-electron chi connectivity index (χ3n) is 5.26. The predicted molar refractivity (Wildman–Crippen MR) is 117 cm³/mol. The van der Waals surface area contributed by atoms with Crippen molar-refractivity contribution in [2.24, 2.45) is 5.92 Å². The molecule has 1 aliphatic heterocycles. The summed E-state index contributed by atoms with van der Waals surface area (Å²) in [4.78, 5) is 32.8. The fourth-order valence-corrected chi connectivity index (χ4v) is 3.65. The molecule has 1 saturated heterocycles. The van der Waals surface area contributed by atoms with E-state index in [1.165, 1.54) is 0 Å². The second kappa shape index (κ2) is 11.1. The van der Waals surface area contributed by atoms with E-state index in [1.807, 2.05) is 24.4 Å². The number of amides is 1. The van der Waals surface area contributed by atoms with Crippen molar-refractivity contribution in [3.05, 3.63) is 59.4 Å². The zero-order valence-corrected chi connectivity index (χ0v) is 17.6. The number of aromatic nitrogens is 1. The molecule has 1 aliphatic rings. The molecule has 2 N–H and O–H groups in total. The number of carboxylic acid groups (broad SMARTS) is 1. The topological polar surface area (TPSA) is 85.8 Å². The molecule has 8 heteroatoms. The molecule has 0 aliphatic carbocycles. The van der Waals surface area contributed by atoms with E-state index in [1.54, 1.807) is 24.3 Å². The van der Waals surface area contributed by atoms with Crippen molar-refractivity contribution in [1.29, 1.82) is 0 Å². The second-order valence-electron chi connectivity index (χ2n) is 7.51. The molecular formula is C22H27ClN4O3. The van der Waals surface area contributed by atoms with Crippen molar-refractivity contribution in [1.82, 2.24) is 14.8 Å². The van der Waals surface area contributed by atoms with Gasteiger partial charge in [-0.25, -0.2) is 0 Å². The van der Waals surface area contributed by atoms with Crippen LogP contribution < -0.4 is 5.32 Å². The number of halogens is 1. The van der Waals surface area contributed by atoms with Gasteiger partial charge in [-0.1, -0.05) is 17.7 Å². The first-order valence-electron chi connectivity index (χ1n) is 10.1. The van der Waals surface area contributed by atoms with Gasteiger partial charge in [0.2, 0.25) is 5.91 Å². The Balaban J connectivity index is 1.42. The first-order valence-corrected chi connectivity index (χ1v) is 10.5. The van der Waals surface area contributed by atoms with E-state index in [0.29, 0.717) is 17.3 Å². The smallest absolute Gasteiger partial charge is 0.308 e. The van der Waals surface area contributed by atoms with Crippen LogP contribution in [0, 0.1) is 5.92 Å². The number of nitrogens with zero attached hydrogens (tertiary/aromatic N) is 3. The van der Waals surface area contributed by atoms with Crippen molar-refractivity contribution in [2.45, 2.75) is 12.8 Å². The van der Waals surface area contributed by atoms with E-state index in [2.05, 4.69) is 20.1 Å². The number of pyridine rings is 1. The Hall–Kier alpha value is -2.48. The third-order valence-corrected chi connectivity index (χ3v) is 5.51. The summed E-state index contributed by atoms with van der Waals surface area (Å²) >= 11 is 5.84. The van der Waals surface area contributed by atoms with Gasteiger partial charge < -0.3 is 15.3 Å². The highest BCUT2D eigenvalue weighted by atomic mass is 35.5. The normalized spacial score (nSPS) is 16.2. The van der Waals surface area contributed by atoms with E-state index in [9.17, 15) is 14.7 Å². The van der Waals surface area contributed by atoms with Crippen molar-refractivity contribution >= 4 is 29.2 Å². The average molecular weight is 431 g/mol. The molecule has 1 aromatic carbocycles. The molecular weight excluding hydrogens is 404 g/mol. The van der Waals surface area contributed by atoms with Crippen molar-refractivity contribution in [3.63, 3.8) is 0 Å². The van der Waals surface area contributed by atoms with Gasteiger partial charge in [-0.05, 0) is 36.4 Å². The molecule has 0 saturated carbocycles. The van der Waals surface area contributed by atoms with Gasteiger partial charge >= 0.3 is 5.97 Å². The van der Waals surface area contributed by atoms with Crippen LogP contribution in [-0.4, -0.2) is 71.0 Å². The number of aliphatic carboxylic acids is 1. The minimum Gasteiger partial charge on any atom is -0.481 e. The molecule has 2 aromatic rings. The minimum absolute atomic E-state index is 0.0577. The van der Waals surface area contributed by atoms with Crippen LogP contribution in [0.5, 0.6) is 0 Å². The quantitative estimate of drug-likeness (QED) is 0.636. The SMILES string of the molecule is O=C(C[C@H](CN1CCN(CCc2ccccn2)CC1)C(=O)O)Nc1ccc(Cl)cc1. The van der Waals surface area contributed by atoms with E-state index >= 15 is 0 Å². The molecule has 30 heavy (non-hydrogen) atoms. The van der Waals surface area contributed by atoms with Crippen LogP contribution in [-0.2, 0) is 16.0 Å². The van der Waals surface area contributed by atoms with Crippen LogP contribution in [0.4, 0.5) is 5.69 Å². The van der Waals surface area contributed by atoms with Gasteiger partial charge in [-0.15, -0.1) is 0 Å². The maximum atomic E-state index is 12.3. The van der Waals surface area contributed by atoms with E-state index < -0.39 is 11.9 Å². The Labute approximate surface area is 181 Å². The summed E-state index contributed by atoms with van der Waals surface area (Å²) in [6, 6.07) is 12.7. The zero-order valence-electron chi connectivity index (χ0n) is 16.8. The van der Waals surface area contributed by atoms with Crippen LogP contribution in [0.25, 0.3) is 0 Å². The number of carboxylic acids is 1. The monoisotopic (exact) mass is 430 g/mol. The summed E-state index contributed by atoms with van der Waals surface area (Å²) in [6.45, 7) is 4.68. The Morgan fingerprint density at radius 1 is 1.07 bits per heavy atom. The molecule has 160 valence electrons. The molecule has 0 unspecified atom stereocenters. The lowest BCUT2D eigenvalue weighted by Gasteiger charge is -2.35. The van der Waals surface area contributed by atoms with E-state index in [-0.39, 0.29) is 12.3 Å². The first-order chi connectivity index (χ1) is 14.5. The lowest BCUT2D eigenvalue weighted by Crippen LogP contribution is -2.49. The van der Waals surface area contributed by atoms with Crippen molar-refractivity contribution in [3.8, 4) is 0 Å². The highest BCUT2D eigenvalue weighted by Gasteiger charge is 2.26. The fraction of sp³-hybridized carbons (Fsp3) is 0.409. The van der Waals surface area contributed by atoms with Gasteiger partial charge in [-0.2, -0.15) is 0 Å². The molecule has 0 bridgehead atoms. The Kier molecular flexibility index (Phi) is 8.19. The van der Waals surface area contributed by atoms with E-state index in [0.717, 1.165) is 44.8 Å². The molecule has 1 fully saturated rings. The summed E-state index contributed by atoms with van der Waals surface area (Å²) in [5.74, 6) is -1.99. The third kappa shape index (κ3) is 7.09. The second-order valence-corrected chi connectivity index (χ2v) is 7.94. The fourth-order valence-electron chi connectivity index (χ4n) is 3.52. The highest BCUT2D eigenvalue weighted by molar-refractivity contribution is 6.30. The van der Waals surface area contributed by atoms with Gasteiger partial charge in [0.25, 0.3) is 0 Å². The van der Waals surface area contributed by atoms with Crippen LogP contribution in [0.1, 0.15) is 12.1 Å². The van der Waals surface area contributed by atoms with Gasteiger partial charge in [0, 0.05) is 74.7 Å². The standard InChI is InChI=1S/C22H27ClN4O3/c23-18-4-6-20(7-5-18)25-21(28)15-17(22(29)30)16-27-13-11-26(12-14-27)10-8-19-3-1-2-9-24-19/h1-7,9,17H,8,10-16H2,(H,25,28)(H,29,30)/t17-/m1/s1. The first kappa shape index (κ1) is 22.2. The predicted octanol–water partition coefficient (Wildman–Crippen LogP) is 2.62. The van der Waals surface area contributed by atoms with Crippen LogP contribution >= 0.6 is 11.6 Å². The zero-order chi connectivity index (χ0) is 21.3. The summed E-state index contributed by atoms with van der Waals surface area (Å²) in [5, 5.41) is 12.9. The van der Waals surface area contributed by atoms with Crippen LogP contribution in [0.3, 0.4) is 0 Å². The maximum absolute atomic E-state index is 12.3. The molecule has 1 amide bonds. The van der Waals surface area contributed by atoms with Gasteiger partial charge in [0.15, 0.2) is 0 Å². The summed E-state index contributed by atoms with van der Waals surface area (Å²) in [7, 11) is 0. The van der Waals surface area contributed by atoms with Crippen molar-refractivity contribution < 1.29 is 14.7 Å². The van der Waals surface area contributed by atoms with Crippen LogP contribution in [0.15, 0.2) is 48.7 Å². The number of hydrogen-bond acceptors (Lipinski definition) is 5. The Morgan fingerprint density at radius 3 is 2.40 bits per heavy atom. The number of benzene rings is 1. The number of anilines is 1. The number of nitrogens with one attached hydrogen (secondary N) is 1.